The summed E-state index contributed by atoms with van der Waals surface area (Å²) in [5.41, 5.74) is 0.238. The molecule has 9 heteroatoms. The molecule has 2 N–H and O–H groups in total. The molecule has 4 rings (SSSR count). The van der Waals surface area contributed by atoms with Gasteiger partial charge in [-0.2, -0.15) is 0 Å². The van der Waals surface area contributed by atoms with Gasteiger partial charge >= 0.3 is 5.97 Å². The topological polar surface area (TPSA) is 122 Å². The molecule has 0 aromatic heterocycles. The lowest BCUT2D eigenvalue weighted by atomic mass is 9.98. The fourth-order valence-electron chi connectivity index (χ4n) is 3.77. The Bertz CT molecular complexity index is 890. The van der Waals surface area contributed by atoms with Crippen molar-refractivity contribution >= 4 is 29.6 Å². The van der Waals surface area contributed by atoms with Crippen molar-refractivity contribution in [2.45, 2.75) is 31.7 Å². The van der Waals surface area contributed by atoms with E-state index in [-0.39, 0.29) is 41.6 Å². The lowest BCUT2D eigenvalue weighted by Crippen LogP contribution is -2.54. The van der Waals surface area contributed by atoms with Gasteiger partial charge in [0, 0.05) is 6.42 Å². The number of rotatable bonds is 3. The first kappa shape index (κ1) is 18.3. The number of hydrogen-bond acceptors (Lipinski definition) is 7. The van der Waals surface area contributed by atoms with Gasteiger partial charge in [0.15, 0.2) is 0 Å². The number of piperidine rings is 2. The van der Waals surface area contributed by atoms with Crippen molar-refractivity contribution in [2.24, 2.45) is 5.92 Å². The summed E-state index contributed by atoms with van der Waals surface area (Å²) in [6.07, 6.45) is 1.52. The third kappa shape index (κ3) is 3.18. The highest BCUT2D eigenvalue weighted by atomic mass is 16.5. The van der Waals surface area contributed by atoms with Gasteiger partial charge in [0.1, 0.15) is 11.8 Å². The van der Waals surface area contributed by atoms with Crippen molar-refractivity contribution in [3.05, 3.63) is 29.3 Å². The normalized spacial score (nSPS) is 22.9. The maximum atomic E-state index is 12.8. The molecule has 1 aromatic rings. The highest BCUT2D eigenvalue weighted by Gasteiger charge is 2.44. The minimum atomic E-state index is -1.02. The fraction of sp³-hybridized carbons (Fsp3) is 0.421. The van der Waals surface area contributed by atoms with Gasteiger partial charge in [-0.25, -0.2) is 0 Å². The second-order valence-corrected chi connectivity index (χ2v) is 7.10. The summed E-state index contributed by atoms with van der Waals surface area (Å²) >= 11 is 0. The molecular formula is C19H19N3O6. The van der Waals surface area contributed by atoms with Crippen LogP contribution in [0.4, 0.5) is 0 Å². The van der Waals surface area contributed by atoms with Crippen LogP contribution in [0.5, 0.6) is 5.75 Å². The summed E-state index contributed by atoms with van der Waals surface area (Å²) in [7, 11) is 0. The van der Waals surface area contributed by atoms with Crippen LogP contribution in [-0.2, 0) is 14.4 Å². The van der Waals surface area contributed by atoms with Gasteiger partial charge in [-0.15, -0.1) is 0 Å². The van der Waals surface area contributed by atoms with Crippen LogP contribution in [0.25, 0.3) is 0 Å². The van der Waals surface area contributed by atoms with Crippen LogP contribution in [0.15, 0.2) is 18.2 Å². The van der Waals surface area contributed by atoms with Gasteiger partial charge in [0.25, 0.3) is 11.8 Å². The van der Waals surface area contributed by atoms with Crippen LogP contribution in [0.3, 0.4) is 0 Å². The molecule has 0 spiro atoms. The molecule has 146 valence electrons. The predicted molar refractivity (Wildman–Crippen MR) is 94.3 cm³/mol. The largest absolute Gasteiger partial charge is 0.426 e. The van der Waals surface area contributed by atoms with Crippen LogP contribution in [-0.4, -0.2) is 53.6 Å². The number of fused-ring (bicyclic) bond motifs is 1. The third-order valence-electron chi connectivity index (χ3n) is 5.30. The molecule has 4 amide bonds. The van der Waals surface area contributed by atoms with Gasteiger partial charge in [0.05, 0.1) is 17.0 Å². The zero-order valence-corrected chi connectivity index (χ0v) is 15.0. The van der Waals surface area contributed by atoms with Gasteiger partial charge < -0.3 is 10.1 Å². The fourth-order valence-corrected chi connectivity index (χ4v) is 3.77. The predicted octanol–water partition coefficient (Wildman–Crippen LogP) is -0.00720. The average molecular weight is 385 g/mol. The Morgan fingerprint density at radius 3 is 2.43 bits per heavy atom. The number of nitrogens with one attached hydrogen (secondary N) is 2. The van der Waals surface area contributed by atoms with E-state index in [1.807, 2.05) is 0 Å². The molecule has 3 aliphatic heterocycles. The molecule has 0 saturated carbocycles. The van der Waals surface area contributed by atoms with Crippen molar-refractivity contribution in [1.29, 1.82) is 0 Å². The van der Waals surface area contributed by atoms with E-state index in [1.165, 1.54) is 18.2 Å². The van der Waals surface area contributed by atoms with Crippen LogP contribution in [0.1, 0.15) is 46.4 Å². The minimum Gasteiger partial charge on any atom is -0.426 e. The molecule has 1 aromatic carbocycles. The van der Waals surface area contributed by atoms with Crippen LogP contribution in [0.2, 0.25) is 0 Å². The number of benzene rings is 1. The summed E-state index contributed by atoms with van der Waals surface area (Å²) < 4.78 is 5.41. The molecule has 3 aliphatic rings. The van der Waals surface area contributed by atoms with E-state index in [0.29, 0.717) is 12.8 Å². The quantitative estimate of drug-likeness (QED) is 0.426. The zero-order chi connectivity index (χ0) is 19.8. The number of hydrogen-bond donors (Lipinski definition) is 2. The van der Waals surface area contributed by atoms with Crippen molar-refractivity contribution in [1.82, 2.24) is 15.5 Å². The summed E-state index contributed by atoms with van der Waals surface area (Å²) in [5, 5.41) is 5.32. The van der Waals surface area contributed by atoms with Gasteiger partial charge in [0.2, 0.25) is 11.8 Å². The first-order valence-electron chi connectivity index (χ1n) is 9.24. The van der Waals surface area contributed by atoms with E-state index in [0.717, 1.165) is 18.0 Å². The minimum absolute atomic E-state index is 0.0585. The number of carbonyl (C=O) groups excluding carboxylic acids is 5. The highest BCUT2D eigenvalue weighted by molar-refractivity contribution is 6.23. The first-order valence-corrected chi connectivity index (χ1v) is 9.24. The SMILES string of the molecule is O=C1CCC(N2C(=O)c3ccc(OC(=O)C4CCNCC4)cc3C2=O)C(=O)N1. The third-order valence-corrected chi connectivity index (χ3v) is 5.30. The maximum absolute atomic E-state index is 12.8. The molecule has 1 unspecified atom stereocenters. The Balaban J connectivity index is 1.53. The first-order chi connectivity index (χ1) is 13.5. The summed E-state index contributed by atoms with van der Waals surface area (Å²) in [4.78, 5) is 62.0. The molecule has 0 radical (unpaired) electrons. The van der Waals surface area contributed by atoms with Crippen LogP contribution < -0.4 is 15.4 Å². The van der Waals surface area contributed by atoms with Crippen molar-refractivity contribution in [3.8, 4) is 5.75 Å². The zero-order valence-electron chi connectivity index (χ0n) is 15.0. The van der Waals surface area contributed by atoms with E-state index in [4.69, 9.17) is 4.74 Å². The molecule has 3 heterocycles. The average Bonchev–Trinajstić information content (AvgIpc) is 2.93. The van der Waals surface area contributed by atoms with E-state index in [2.05, 4.69) is 10.6 Å². The molecule has 0 bridgehead atoms. The van der Waals surface area contributed by atoms with Crippen LogP contribution >= 0.6 is 0 Å². The molecule has 0 aliphatic carbocycles. The van der Waals surface area contributed by atoms with Crippen LogP contribution in [0, 0.1) is 5.92 Å². The molecule has 2 fully saturated rings. The van der Waals surface area contributed by atoms with E-state index in [1.54, 1.807) is 0 Å². The number of nitrogens with zero attached hydrogens (tertiary/aromatic N) is 1. The Labute approximate surface area is 160 Å². The van der Waals surface area contributed by atoms with Crippen molar-refractivity contribution in [3.63, 3.8) is 0 Å². The van der Waals surface area contributed by atoms with E-state index >= 15 is 0 Å². The summed E-state index contributed by atoms with van der Waals surface area (Å²) in [5.74, 6) is -2.69. The molecule has 28 heavy (non-hydrogen) atoms. The Kier molecular flexibility index (Phi) is 4.68. The number of ether oxygens (including phenoxy) is 1. The second kappa shape index (κ2) is 7.16. The summed E-state index contributed by atoms with van der Waals surface area (Å²) in [6.45, 7) is 1.50. The lowest BCUT2D eigenvalue weighted by Gasteiger charge is -2.27. The molecule has 9 nitrogen and oxygen atoms in total. The smallest absolute Gasteiger partial charge is 0.314 e. The van der Waals surface area contributed by atoms with Crippen molar-refractivity contribution in [2.75, 3.05) is 13.1 Å². The number of esters is 1. The summed E-state index contributed by atoms with van der Waals surface area (Å²) in [6, 6.07) is 3.23. The molecule has 2 saturated heterocycles. The monoisotopic (exact) mass is 385 g/mol. The van der Waals surface area contributed by atoms with E-state index in [9.17, 15) is 24.0 Å². The Morgan fingerprint density at radius 1 is 1.00 bits per heavy atom. The van der Waals surface area contributed by atoms with Gasteiger partial charge in [-0.05, 0) is 50.6 Å². The maximum Gasteiger partial charge on any atom is 0.314 e. The number of carbonyl (C=O) groups is 5. The highest BCUT2D eigenvalue weighted by Crippen LogP contribution is 2.30. The van der Waals surface area contributed by atoms with Crippen molar-refractivity contribution < 1.29 is 28.7 Å². The Hall–Kier alpha value is -3.07. The van der Waals surface area contributed by atoms with Gasteiger partial charge in [-0.1, -0.05) is 0 Å². The lowest BCUT2D eigenvalue weighted by molar-refractivity contribution is -0.140. The number of imide groups is 2. The van der Waals surface area contributed by atoms with Gasteiger partial charge in [-0.3, -0.25) is 34.2 Å². The second-order valence-electron chi connectivity index (χ2n) is 7.10. The molecular weight excluding hydrogens is 366 g/mol. The Morgan fingerprint density at radius 2 is 1.71 bits per heavy atom. The number of amides is 4. The van der Waals surface area contributed by atoms with E-state index < -0.39 is 29.7 Å². The molecule has 1 atom stereocenters. The standard InChI is InChI=1S/C19H19N3O6/c23-15-4-3-14(16(24)21-15)22-17(25)12-2-1-11(9-13(12)18(22)26)28-19(27)10-5-7-20-8-6-10/h1-2,9-10,14,20H,3-8H2,(H,21,23,24).